The molecule has 2 N–H and O–H groups in total. The summed E-state index contributed by atoms with van der Waals surface area (Å²) in [6.45, 7) is 0. The summed E-state index contributed by atoms with van der Waals surface area (Å²) in [4.78, 5) is 24.5. The van der Waals surface area contributed by atoms with Crippen LogP contribution in [0.1, 0.15) is 15.9 Å². The first kappa shape index (κ1) is 18.5. The monoisotopic (exact) mass is 380 g/mol. The van der Waals surface area contributed by atoms with Gasteiger partial charge in [0.05, 0.1) is 12.1 Å². The van der Waals surface area contributed by atoms with E-state index >= 15 is 0 Å². The van der Waals surface area contributed by atoms with Gasteiger partial charge in [-0.2, -0.15) is 0 Å². The topological polar surface area (TPSA) is 67.4 Å². The van der Waals surface area contributed by atoms with Crippen molar-refractivity contribution in [2.75, 3.05) is 17.7 Å². The van der Waals surface area contributed by atoms with Crippen molar-refractivity contribution in [2.24, 2.45) is 0 Å². The van der Waals surface area contributed by atoms with Gasteiger partial charge in [-0.1, -0.05) is 41.9 Å². The number of hydrogen-bond acceptors (Lipinski definition) is 3. The molecule has 0 unspecified atom stereocenters. The van der Waals surface area contributed by atoms with Gasteiger partial charge in [-0.25, -0.2) is 4.79 Å². The van der Waals surface area contributed by atoms with Crippen LogP contribution in [0.15, 0.2) is 72.8 Å². The molecule has 0 spiro atoms. The third-order valence-corrected chi connectivity index (χ3v) is 4.15. The zero-order valence-electron chi connectivity index (χ0n) is 14.5. The van der Waals surface area contributed by atoms with Gasteiger partial charge in [0, 0.05) is 22.5 Å². The number of methoxy groups -OCH3 is 1. The van der Waals surface area contributed by atoms with Gasteiger partial charge < -0.3 is 15.4 Å². The van der Waals surface area contributed by atoms with Crippen LogP contribution in [0.25, 0.3) is 0 Å². The predicted molar refractivity (Wildman–Crippen MR) is 107 cm³/mol. The molecule has 0 saturated heterocycles. The fraction of sp³-hybridized carbons (Fsp3) is 0.0476. The summed E-state index contributed by atoms with van der Waals surface area (Å²) in [5, 5.41) is 5.80. The summed E-state index contributed by atoms with van der Waals surface area (Å²) < 4.78 is 5.08. The number of carbonyl (C=O) groups excluding carboxylic acids is 2. The molecule has 0 aliphatic carbocycles. The molecule has 0 atom stereocenters. The van der Waals surface area contributed by atoms with Crippen LogP contribution in [0.4, 0.5) is 16.2 Å². The van der Waals surface area contributed by atoms with Crippen LogP contribution in [0.2, 0.25) is 5.02 Å². The number of ketones is 1. The van der Waals surface area contributed by atoms with Gasteiger partial charge in [0.2, 0.25) is 0 Å². The highest BCUT2D eigenvalue weighted by atomic mass is 35.5. The maximum Gasteiger partial charge on any atom is 0.323 e. The van der Waals surface area contributed by atoms with E-state index in [2.05, 4.69) is 10.6 Å². The van der Waals surface area contributed by atoms with Crippen molar-refractivity contribution in [1.82, 2.24) is 0 Å². The van der Waals surface area contributed by atoms with E-state index in [1.807, 2.05) is 18.2 Å². The van der Waals surface area contributed by atoms with Crippen LogP contribution >= 0.6 is 11.6 Å². The molecule has 6 heteroatoms. The average molecular weight is 381 g/mol. The van der Waals surface area contributed by atoms with Crippen molar-refractivity contribution < 1.29 is 14.3 Å². The first-order chi connectivity index (χ1) is 13.1. The van der Waals surface area contributed by atoms with Crippen LogP contribution in [0, 0.1) is 0 Å². The molecule has 0 fully saturated rings. The minimum absolute atomic E-state index is 0.0699. The normalized spacial score (nSPS) is 10.1. The lowest BCUT2D eigenvalue weighted by Crippen LogP contribution is -2.19. The Morgan fingerprint density at radius 3 is 2.04 bits per heavy atom. The molecule has 0 aliphatic rings. The van der Waals surface area contributed by atoms with Gasteiger partial charge >= 0.3 is 6.03 Å². The van der Waals surface area contributed by atoms with Crippen LogP contribution < -0.4 is 15.4 Å². The van der Waals surface area contributed by atoms with E-state index < -0.39 is 6.03 Å². The van der Waals surface area contributed by atoms with Crippen LogP contribution in [-0.2, 0) is 0 Å². The number of halogens is 1. The summed E-state index contributed by atoms with van der Waals surface area (Å²) in [6, 6.07) is 20.3. The SMILES string of the molecule is COc1ccc(NC(=O)Nc2ccc(C(=O)c3ccccc3)cc2)cc1Cl. The van der Waals surface area contributed by atoms with Gasteiger partial charge in [0.25, 0.3) is 0 Å². The lowest BCUT2D eigenvalue weighted by molar-refractivity contribution is 0.103. The van der Waals surface area contributed by atoms with E-state index in [0.29, 0.717) is 33.3 Å². The lowest BCUT2D eigenvalue weighted by Gasteiger charge is -2.10. The van der Waals surface area contributed by atoms with E-state index in [9.17, 15) is 9.59 Å². The average Bonchev–Trinajstić information content (AvgIpc) is 2.69. The molecule has 0 aromatic heterocycles. The molecule has 136 valence electrons. The highest BCUT2D eigenvalue weighted by Gasteiger charge is 2.09. The molecule has 27 heavy (non-hydrogen) atoms. The molecule has 2 amide bonds. The summed E-state index contributed by atoms with van der Waals surface area (Å²) in [5.74, 6) is 0.459. The second-order valence-electron chi connectivity index (χ2n) is 5.70. The number of rotatable bonds is 5. The third-order valence-electron chi connectivity index (χ3n) is 3.85. The van der Waals surface area contributed by atoms with Gasteiger partial charge in [-0.15, -0.1) is 0 Å². The zero-order valence-corrected chi connectivity index (χ0v) is 15.3. The molecule has 3 aromatic rings. The number of amides is 2. The minimum atomic E-state index is -0.418. The second-order valence-corrected chi connectivity index (χ2v) is 6.11. The minimum Gasteiger partial charge on any atom is -0.495 e. The predicted octanol–water partition coefficient (Wildman–Crippen LogP) is 5.22. The molecule has 3 rings (SSSR count). The molecular formula is C21H17ClN2O3. The van der Waals surface area contributed by atoms with E-state index in [-0.39, 0.29) is 5.78 Å². The summed E-state index contributed by atoms with van der Waals surface area (Å²) >= 11 is 6.04. The summed E-state index contributed by atoms with van der Waals surface area (Å²) in [5.41, 5.74) is 2.27. The Hall–Kier alpha value is -3.31. The Morgan fingerprint density at radius 1 is 0.815 bits per heavy atom. The molecule has 0 aliphatic heterocycles. The van der Waals surface area contributed by atoms with Crippen LogP contribution in [-0.4, -0.2) is 18.9 Å². The van der Waals surface area contributed by atoms with Crippen LogP contribution in [0.5, 0.6) is 5.75 Å². The van der Waals surface area contributed by atoms with E-state index in [1.165, 1.54) is 7.11 Å². The first-order valence-electron chi connectivity index (χ1n) is 8.18. The Balaban J connectivity index is 1.63. The van der Waals surface area contributed by atoms with Crippen molar-refractivity contribution in [2.45, 2.75) is 0 Å². The number of nitrogens with one attached hydrogen (secondary N) is 2. The Morgan fingerprint density at radius 2 is 1.41 bits per heavy atom. The van der Waals surface area contributed by atoms with Crippen LogP contribution in [0.3, 0.4) is 0 Å². The molecular weight excluding hydrogens is 364 g/mol. The van der Waals surface area contributed by atoms with E-state index in [4.69, 9.17) is 16.3 Å². The summed E-state index contributed by atoms with van der Waals surface area (Å²) in [7, 11) is 1.52. The standard InChI is InChI=1S/C21H17ClN2O3/c1-27-19-12-11-17(13-18(19)22)24-21(26)23-16-9-7-15(8-10-16)20(25)14-5-3-2-4-6-14/h2-13H,1H3,(H2,23,24,26). The largest absolute Gasteiger partial charge is 0.495 e. The Kier molecular flexibility index (Phi) is 5.74. The van der Waals surface area contributed by atoms with Crippen molar-refractivity contribution in [3.05, 3.63) is 88.9 Å². The number of carbonyl (C=O) groups is 2. The molecule has 0 bridgehead atoms. The van der Waals surface area contributed by atoms with Crippen molar-refractivity contribution in [1.29, 1.82) is 0 Å². The lowest BCUT2D eigenvalue weighted by atomic mass is 10.0. The number of hydrogen-bond donors (Lipinski definition) is 2. The third kappa shape index (κ3) is 4.65. The maximum absolute atomic E-state index is 12.4. The van der Waals surface area contributed by atoms with Gasteiger partial charge in [-0.3, -0.25) is 4.79 Å². The fourth-order valence-electron chi connectivity index (χ4n) is 2.50. The van der Waals surface area contributed by atoms with Crippen molar-refractivity contribution in [3.8, 4) is 5.75 Å². The van der Waals surface area contributed by atoms with Gasteiger partial charge in [0.15, 0.2) is 5.78 Å². The van der Waals surface area contributed by atoms with Gasteiger partial charge in [-0.05, 0) is 42.5 Å². The first-order valence-corrected chi connectivity index (χ1v) is 8.56. The van der Waals surface area contributed by atoms with E-state index in [0.717, 1.165) is 0 Å². The Labute approximate surface area is 161 Å². The number of ether oxygens (including phenoxy) is 1. The maximum atomic E-state index is 12.4. The quantitative estimate of drug-likeness (QED) is 0.596. The highest BCUT2D eigenvalue weighted by molar-refractivity contribution is 6.32. The number of anilines is 2. The molecule has 3 aromatic carbocycles. The zero-order chi connectivity index (χ0) is 19.2. The number of urea groups is 1. The second kappa shape index (κ2) is 8.38. The Bertz CT molecular complexity index is 957. The molecule has 0 heterocycles. The smallest absolute Gasteiger partial charge is 0.323 e. The molecule has 0 radical (unpaired) electrons. The van der Waals surface area contributed by atoms with Crippen molar-refractivity contribution in [3.63, 3.8) is 0 Å². The number of benzene rings is 3. The highest BCUT2D eigenvalue weighted by Crippen LogP contribution is 2.27. The van der Waals surface area contributed by atoms with Crippen molar-refractivity contribution >= 4 is 34.8 Å². The summed E-state index contributed by atoms with van der Waals surface area (Å²) in [6.07, 6.45) is 0. The molecule has 5 nitrogen and oxygen atoms in total. The fourth-order valence-corrected chi connectivity index (χ4v) is 2.76. The van der Waals surface area contributed by atoms with E-state index in [1.54, 1.807) is 54.6 Å². The van der Waals surface area contributed by atoms with Gasteiger partial charge in [0.1, 0.15) is 5.75 Å². The molecule has 0 saturated carbocycles.